The number of nitrogens with one attached hydrogen (secondary N) is 1. The predicted octanol–water partition coefficient (Wildman–Crippen LogP) is 1.95. The molecule has 0 saturated heterocycles. The van der Waals surface area contributed by atoms with Gasteiger partial charge in [0, 0.05) is 32.7 Å². The summed E-state index contributed by atoms with van der Waals surface area (Å²) in [5, 5.41) is 0. The normalized spacial score (nSPS) is 9.31. The summed E-state index contributed by atoms with van der Waals surface area (Å²) >= 11 is 0. The second-order valence-electron chi connectivity index (χ2n) is 2.08. The van der Waals surface area contributed by atoms with Crippen molar-refractivity contribution in [3.05, 3.63) is 25.5 Å². The largest absolute Gasteiger partial charge is 3.00 e. The van der Waals surface area contributed by atoms with Gasteiger partial charge in [0.25, 0.3) is 0 Å². The minimum absolute atomic E-state index is 0. The topological polar surface area (TPSA) is 21.3 Å². The number of allylic oxidation sites excluding steroid dienone is 1. The molecule has 13 heavy (non-hydrogen) atoms. The first kappa shape index (κ1) is 24.2. The zero-order valence-corrected chi connectivity index (χ0v) is 14.7. The van der Waals surface area contributed by atoms with Crippen molar-refractivity contribution in [2.24, 2.45) is 0 Å². The second kappa shape index (κ2) is 19.4. The summed E-state index contributed by atoms with van der Waals surface area (Å²) in [6.07, 6.45) is 4.98. The number of hydrogen-bond donors (Lipinski definition) is 1. The van der Waals surface area contributed by atoms with E-state index in [0.29, 0.717) is 6.61 Å². The molecule has 71 valence electrons. The van der Waals surface area contributed by atoms with E-state index in [1.54, 1.807) is 0 Å². The first-order chi connectivity index (χ1) is 4.81. The summed E-state index contributed by atoms with van der Waals surface area (Å²) in [6.45, 7) is 7.24. The van der Waals surface area contributed by atoms with Crippen LogP contribution in [0.1, 0.15) is 20.8 Å². The average Bonchev–Trinajstić information content (AvgIpc) is 1.98. The van der Waals surface area contributed by atoms with Crippen molar-refractivity contribution in [2.45, 2.75) is 20.8 Å². The molecule has 0 bridgehead atoms. The molecular formula is C9H18NOY2. The standard InChI is InChI=1S/C8H15NO.CH3.2Y/c1-4-6-9-10-7-8(3)5-2;;;/h4,9H,6-7H2,1-3H3;1H3;;/q-2;-1;;+3. The molecule has 0 unspecified atom stereocenters. The smallest absolute Gasteiger partial charge is 0.498 e. The summed E-state index contributed by atoms with van der Waals surface area (Å²) in [6, 6.07) is 0. The van der Waals surface area contributed by atoms with Crippen molar-refractivity contribution in [3.63, 3.8) is 0 Å². The van der Waals surface area contributed by atoms with Crippen molar-refractivity contribution in [1.29, 1.82) is 0 Å². The van der Waals surface area contributed by atoms with Crippen molar-refractivity contribution < 1.29 is 70.3 Å². The summed E-state index contributed by atoms with van der Waals surface area (Å²) in [5.74, 6) is 0. The van der Waals surface area contributed by atoms with Gasteiger partial charge in [0.15, 0.2) is 0 Å². The Kier molecular flexibility index (Phi) is 36.2. The fourth-order valence-electron chi connectivity index (χ4n) is 0.374. The number of hydroxylamine groups is 1. The maximum absolute atomic E-state index is 5.05. The van der Waals surface area contributed by atoms with E-state index in [1.165, 1.54) is 0 Å². The van der Waals surface area contributed by atoms with Crippen LogP contribution in [0.4, 0.5) is 0 Å². The van der Waals surface area contributed by atoms with Gasteiger partial charge in [0.1, 0.15) is 0 Å². The van der Waals surface area contributed by atoms with Gasteiger partial charge in [-0.2, -0.15) is 13.8 Å². The third-order valence-corrected chi connectivity index (χ3v) is 1.10. The van der Waals surface area contributed by atoms with Crippen LogP contribution in [0.2, 0.25) is 0 Å². The molecule has 0 aliphatic rings. The molecule has 0 heterocycles. The Balaban J connectivity index is -0.000000135. The summed E-state index contributed by atoms with van der Waals surface area (Å²) in [7, 11) is 0. The molecule has 0 aromatic heterocycles. The van der Waals surface area contributed by atoms with E-state index in [-0.39, 0.29) is 72.8 Å². The summed E-state index contributed by atoms with van der Waals surface area (Å²) in [5.41, 5.74) is 3.90. The Hall–Kier alpha value is 1.87. The van der Waals surface area contributed by atoms with Crippen LogP contribution in [0.5, 0.6) is 0 Å². The first-order valence-electron chi connectivity index (χ1n) is 3.44. The fraction of sp³-hybridized carbons (Fsp3) is 0.556. The van der Waals surface area contributed by atoms with E-state index in [9.17, 15) is 0 Å². The Bertz CT molecular complexity index is 108. The molecular weight excluding hydrogens is 316 g/mol. The van der Waals surface area contributed by atoms with Gasteiger partial charge in [0.2, 0.25) is 0 Å². The minimum atomic E-state index is 0. The first-order valence-corrected chi connectivity index (χ1v) is 3.44. The van der Waals surface area contributed by atoms with Gasteiger partial charge in [-0.25, -0.2) is 11.1 Å². The average molecular weight is 334 g/mol. The molecule has 0 aliphatic heterocycles. The van der Waals surface area contributed by atoms with E-state index in [1.807, 2.05) is 27.2 Å². The van der Waals surface area contributed by atoms with Crippen molar-refractivity contribution >= 4 is 0 Å². The van der Waals surface area contributed by atoms with Crippen LogP contribution in [0.3, 0.4) is 0 Å². The summed E-state index contributed by atoms with van der Waals surface area (Å²) in [4.78, 5) is 5.05. The predicted molar refractivity (Wildman–Crippen MR) is 48.4 cm³/mol. The van der Waals surface area contributed by atoms with Gasteiger partial charge in [-0.15, -0.1) is 6.54 Å². The zero-order valence-electron chi connectivity index (χ0n) is 9.05. The number of rotatable bonds is 5. The van der Waals surface area contributed by atoms with Gasteiger partial charge in [-0.1, -0.05) is 6.92 Å². The maximum atomic E-state index is 5.05. The van der Waals surface area contributed by atoms with Crippen molar-refractivity contribution in [3.8, 4) is 0 Å². The Morgan fingerprint density at radius 1 is 1.54 bits per heavy atom. The molecule has 0 rings (SSSR count). The van der Waals surface area contributed by atoms with Crippen LogP contribution in [0, 0.1) is 19.9 Å². The molecule has 2 nitrogen and oxygen atoms in total. The SMILES string of the molecule is C[C-]=C(C)CONC[CH-]C.[CH3-].[Y+3].[Y]. The van der Waals surface area contributed by atoms with Crippen LogP contribution < -0.4 is 5.48 Å². The van der Waals surface area contributed by atoms with Gasteiger partial charge in [-0.05, 0) is 0 Å². The molecule has 1 N–H and O–H groups in total. The summed E-state index contributed by atoms with van der Waals surface area (Å²) < 4.78 is 0. The van der Waals surface area contributed by atoms with Crippen molar-refractivity contribution in [2.75, 3.05) is 13.2 Å². The van der Waals surface area contributed by atoms with E-state index in [4.69, 9.17) is 4.84 Å². The fourth-order valence-corrected chi connectivity index (χ4v) is 0.374. The van der Waals surface area contributed by atoms with Gasteiger partial charge in [-0.3, -0.25) is 0 Å². The molecule has 0 spiro atoms. The Morgan fingerprint density at radius 3 is 2.46 bits per heavy atom. The second-order valence-corrected chi connectivity index (χ2v) is 2.08. The van der Waals surface area contributed by atoms with Crippen LogP contribution in [-0.2, 0) is 70.3 Å². The number of hydrogen-bond acceptors (Lipinski definition) is 2. The monoisotopic (exact) mass is 334 g/mol. The molecule has 0 fully saturated rings. The molecule has 0 aromatic rings. The third-order valence-electron chi connectivity index (χ3n) is 1.10. The van der Waals surface area contributed by atoms with E-state index >= 15 is 0 Å². The Morgan fingerprint density at radius 2 is 2.08 bits per heavy atom. The molecule has 0 amide bonds. The van der Waals surface area contributed by atoms with Crippen LogP contribution in [0.25, 0.3) is 0 Å². The van der Waals surface area contributed by atoms with E-state index in [0.717, 1.165) is 12.1 Å². The minimum Gasteiger partial charge on any atom is -0.498 e. The zero-order chi connectivity index (χ0) is 7.82. The molecule has 1 radical (unpaired) electrons. The van der Waals surface area contributed by atoms with Gasteiger partial charge in [0.05, 0.1) is 6.61 Å². The van der Waals surface area contributed by atoms with E-state index in [2.05, 4.69) is 11.6 Å². The molecule has 0 aromatic carbocycles. The molecule has 0 aliphatic carbocycles. The third kappa shape index (κ3) is 20.1. The van der Waals surface area contributed by atoms with Gasteiger partial charge >= 0.3 is 32.7 Å². The maximum Gasteiger partial charge on any atom is 3.00 e. The van der Waals surface area contributed by atoms with Crippen LogP contribution in [-0.4, -0.2) is 13.2 Å². The molecule has 0 saturated carbocycles. The van der Waals surface area contributed by atoms with Crippen molar-refractivity contribution in [1.82, 2.24) is 5.48 Å². The van der Waals surface area contributed by atoms with Gasteiger partial charge < -0.3 is 24.8 Å². The quantitative estimate of drug-likeness (QED) is 0.471. The molecule has 4 heteroatoms. The van der Waals surface area contributed by atoms with E-state index < -0.39 is 0 Å². The molecule has 0 atom stereocenters. The van der Waals surface area contributed by atoms with Crippen LogP contribution >= 0.6 is 0 Å². The Labute approximate surface area is 133 Å². The van der Waals surface area contributed by atoms with Crippen LogP contribution in [0.15, 0.2) is 5.57 Å².